The predicted molar refractivity (Wildman–Crippen MR) is 88.6 cm³/mol. The van der Waals surface area contributed by atoms with Gasteiger partial charge in [0, 0.05) is 30.2 Å². The number of hydrogen-bond donors (Lipinski definition) is 1. The van der Waals surface area contributed by atoms with Crippen LogP contribution in [0.2, 0.25) is 0 Å². The Kier molecular flexibility index (Phi) is 3.12. The number of imidazole rings is 1. The smallest absolute Gasteiger partial charge is 0.230 e. The summed E-state index contributed by atoms with van der Waals surface area (Å²) in [7, 11) is 1.85. The Hall–Kier alpha value is -2.74. The Bertz CT molecular complexity index is 999. The first-order chi connectivity index (χ1) is 11.1. The standard InChI is InChI=1S/C15H14N6OS/c1-9-12-5-10(7-16-14(12)20(2)19-9)17-13(22)6-11-8-21-3-4-23-15(21)18-11/h3-5,7-8H,6H2,1-2H3,(H,17,22). The number of thiazole rings is 1. The predicted octanol–water partition coefficient (Wildman–Crippen LogP) is 2.17. The van der Waals surface area contributed by atoms with Crippen molar-refractivity contribution in [2.45, 2.75) is 13.3 Å². The van der Waals surface area contributed by atoms with Gasteiger partial charge < -0.3 is 5.32 Å². The molecule has 7 nitrogen and oxygen atoms in total. The fourth-order valence-corrected chi connectivity index (χ4v) is 3.33. The molecule has 0 saturated heterocycles. The highest BCUT2D eigenvalue weighted by Gasteiger charge is 2.11. The van der Waals surface area contributed by atoms with E-state index >= 15 is 0 Å². The molecule has 0 aliphatic heterocycles. The minimum Gasteiger partial charge on any atom is -0.324 e. The number of amides is 1. The Balaban J connectivity index is 1.53. The van der Waals surface area contributed by atoms with Crippen LogP contribution < -0.4 is 5.32 Å². The summed E-state index contributed by atoms with van der Waals surface area (Å²) >= 11 is 1.55. The first kappa shape index (κ1) is 13.9. The number of pyridine rings is 1. The highest BCUT2D eigenvalue weighted by molar-refractivity contribution is 7.15. The lowest BCUT2D eigenvalue weighted by Gasteiger charge is -2.04. The molecule has 0 radical (unpaired) electrons. The molecule has 23 heavy (non-hydrogen) atoms. The summed E-state index contributed by atoms with van der Waals surface area (Å²) in [6.07, 6.45) is 5.68. The summed E-state index contributed by atoms with van der Waals surface area (Å²) in [5, 5.41) is 10.1. The van der Waals surface area contributed by atoms with E-state index in [1.165, 1.54) is 0 Å². The molecule has 0 atom stereocenters. The monoisotopic (exact) mass is 326 g/mol. The van der Waals surface area contributed by atoms with Gasteiger partial charge in [-0.05, 0) is 13.0 Å². The third-order valence-corrected chi connectivity index (χ3v) is 4.40. The summed E-state index contributed by atoms with van der Waals surface area (Å²) in [5.74, 6) is -0.113. The molecule has 0 bridgehead atoms. The van der Waals surface area contributed by atoms with Crippen LogP contribution in [0.4, 0.5) is 5.69 Å². The van der Waals surface area contributed by atoms with Crippen LogP contribution in [-0.2, 0) is 18.3 Å². The van der Waals surface area contributed by atoms with Crippen molar-refractivity contribution in [2.24, 2.45) is 7.05 Å². The second-order valence-corrected chi connectivity index (χ2v) is 6.23. The van der Waals surface area contributed by atoms with E-state index in [2.05, 4.69) is 20.4 Å². The van der Waals surface area contributed by atoms with Crippen LogP contribution in [-0.4, -0.2) is 30.1 Å². The van der Waals surface area contributed by atoms with E-state index in [0.717, 1.165) is 27.4 Å². The van der Waals surface area contributed by atoms with Crippen LogP contribution in [0.1, 0.15) is 11.4 Å². The molecule has 0 unspecified atom stereocenters. The molecule has 4 rings (SSSR count). The largest absolute Gasteiger partial charge is 0.324 e. The Labute approximate surface area is 135 Å². The molecule has 0 aliphatic carbocycles. The quantitative estimate of drug-likeness (QED) is 0.626. The zero-order valence-corrected chi connectivity index (χ0v) is 13.5. The molecule has 4 aromatic heterocycles. The van der Waals surface area contributed by atoms with Crippen LogP contribution in [0.3, 0.4) is 0 Å². The lowest BCUT2D eigenvalue weighted by Crippen LogP contribution is -2.14. The summed E-state index contributed by atoms with van der Waals surface area (Å²) in [5.41, 5.74) is 3.11. The molecule has 116 valence electrons. The van der Waals surface area contributed by atoms with Gasteiger partial charge in [-0.15, -0.1) is 11.3 Å². The molecular formula is C15H14N6OS. The van der Waals surface area contributed by atoms with E-state index in [4.69, 9.17) is 0 Å². The third kappa shape index (κ3) is 2.46. The number of aromatic nitrogens is 5. The minimum absolute atomic E-state index is 0.113. The molecule has 1 amide bonds. The number of aryl methyl sites for hydroxylation is 2. The van der Waals surface area contributed by atoms with Crippen LogP contribution >= 0.6 is 11.3 Å². The first-order valence-corrected chi connectivity index (χ1v) is 7.98. The van der Waals surface area contributed by atoms with Crippen molar-refractivity contribution in [3.8, 4) is 0 Å². The molecule has 0 aliphatic rings. The van der Waals surface area contributed by atoms with Crippen molar-refractivity contribution in [3.63, 3.8) is 0 Å². The number of carbonyl (C=O) groups is 1. The van der Waals surface area contributed by atoms with Gasteiger partial charge in [-0.3, -0.25) is 13.9 Å². The van der Waals surface area contributed by atoms with E-state index in [0.29, 0.717) is 5.69 Å². The van der Waals surface area contributed by atoms with Crippen LogP contribution in [0, 0.1) is 6.92 Å². The van der Waals surface area contributed by atoms with Gasteiger partial charge in [-0.2, -0.15) is 5.10 Å². The highest BCUT2D eigenvalue weighted by Crippen LogP contribution is 2.19. The molecule has 0 aromatic carbocycles. The van der Waals surface area contributed by atoms with Crippen LogP contribution in [0.15, 0.2) is 30.0 Å². The van der Waals surface area contributed by atoms with Crippen molar-refractivity contribution < 1.29 is 4.79 Å². The fourth-order valence-electron chi connectivity index (χ4n) is 2.61. The Morgan fingerprint density at radius 2 is 2.30 bits per heavy atom. The van der Waals surface area contributed by atoms with E-state index in [1.807, 2.05) is 42.2 Å². The number of hydrogen-bond acceptors (Lipinski definition) is 5. The second-order valence-electron chi connectivity index (χ2n) is 5.35. The van der Waals surface area contributed by atoms with Gasteiger partial charge >= 0.3 is 0 Å². The molecule has 8 heteroatoms. The lowest BCUT2D eigenvalue weighted by molar-refractivity contribution is -0.115. The average Bonchev–Trinajstić information content (AvgIpc) is 3.14. The topological polar surface area (TPSA) is 77.1 Å². The molecule has 0 spiro atoms. The maximum absolute atomic E-state index is 12.2. The number of anilines is 1. The lowest BCUT2D eigenvalue weighted by atomic mass is 10.2. The molecular weight excluding hydrogens is 312 g/mol. The number of nitrogens with zero attached hydrogens (tertiary/aromatic N) is 5. The second kappa shape index (κ2) is 5.17. The molecule has 4 heterocycles. The van der Waals surface area contributed by atoms with Crippen molar-refractivity contribution in [2.75, 3.05) is 5.32 Å². The van der Waals surface area contributed by atoms with E-state index in [-0.39, 0.29) is 12.3 Å². The number of fused-ring (bicyclic) bond motifs is 2. The zero-order valence-electron chi connectivity index (χ0n) is 12.6. The van der Waals surface area contributed by atoms with Crippen molar-refractivity contribution >= 4 is 38.9 Å². The Morgan fingerprint density at radius 1 is 1.43 bits per heavy atom. The van der Waals surface area contributed by atoms with Gasteiger partial charge in [0.25, 0.3) is 0 Å². The normalized spacial score (nSPS) is 11.4. The van der Waals surface area contributed by atoms with Crippen LogP contribution in [0.25, 0.3) is 16.0 Å². The van der Waals surface area contributed by atoms with Gasteiger partial charge in [0.1, 0.15) is 0 Å². The van der Waals surface area contributed by atoms with Crippen LogP contribution in [0.5, 0.6) is 0 Å². The van der Waals surface area contributed by atoms with Crippen molar-refractivity contribution in [1.82, 2.24) is 24.1 Å². The summed E-state index contributed by atoms with van der Waals surface area (Å²) < 4.78 is 3.65. The van der Waals surface area contributed by atoms with Crippen molar-refractivity contribution in [1.29, 1.82) is 0 Å². The minimum atomic E-state index is -0.113. The molecule has 0 saturated carbocycles. The number of nitrogens with one attached hydrogen (secondary N) is 1. The number of rotatable bonds is 3. The van der Waals surface area contributed by atoms with Crippen molar-refractivity contribution in [3.05, 3.63) is 41.4 Å². The highest BCUT2D eigenvalue weighted by atomic mass is 32.1. The molecule has 4 aromatic rings. The van der Waals surface area contributed by atoms with Gasteiger partial charge in [-0.25, -0.2) is 9.97 Å². The summed E-state index contributed by atoms with van der Waals surface area (Å²) in [4.78, 5) is 21.9. The third-order valence-electron chi connectivity index (χ3n) is 3.63. The van der Waals surface area contributed by atoms with Gasteiger partial charge in [0.05, 0.1) is 29.7 Å². The van der Waals surface area contributed by atoms with E-state index in [1.54, 1.807) is 22.2 Å². The average molecular weight is 326 g/mol. The van der Waals surface area contributed by atoms with E-state index < -0.39 is 0 Å². The first-order valence-electron chi connectivity index (χ1n) is 7.10. The fraction of sp³-hybridized carbons (Fsp3) is 0.200. The summed E-state index contributed by atoms with van der Waals surface area (Å²) in [6, 6.07) is 1.90. The van der Waals surface area contributed by atoms with Gasteiger partial charge in [0.2, 0.25) is 5.91 Å². The molecule has 0 fully saturated rings. The van der Waals surface area contributed by atoms with Gasteiger partial charge in [0.15, 0.2) is 10.6 Å². The van der Waals surface area contributed by atoms with E-state index in [9.17, 15) is 4.79 Å². The maximum Gasteiger partial charge on any atom is 0.230 e. The maximum atomic E-state index is 12.2. The summed E-state index contributed by atoms with van der Waals surface area (Å²) in [6.45, 7) is 1.92. The molecule has 1 N–H and O–H groups in total. The SMILES string of the molecule is Cc1nn(C)c2ncc(NC(=O)Cc3cn4ccsc4n3)cc12. The number of carbonyl (C=O) groups excluding carboxylic acids is 1. The van der Waals surface area contributed by atoms with Gasteiger partial charge in [-0.1, -0.05) is 0 Å². The zero-order chi connectivity index (χ0) is 16.0. The Morgan fingerprint density at radius 3 is 3.13 bits per heavy atom.